The average molecular weight is 423 g/mol. The maximum Gasteiger partial charge on any atom is 0.243 e. The Bertz CT molecular complexity index is 925. The van der Waals surface area contributed by atoms with Gasteiger partial charge in [0.2, 0.25) is 10.0 Å². The van der Waals surface area contributed by atoms with Crippen molar-refractivity contribution in [3.8, 4) is 0 Å². The summed E-state index contributed by atoms with van der Waals surface area (Å²) in [7, 11) is -4.72. The van der Waals surface area contributed by atoms with Crippen LogP contribution in [0.3, 0.4) is 0 Å². The first-order chi connectivity index (χ1) is 13.0. The molecule has 2 fully saturated rings. The molecule has 1 heterocycles. The first kappa shape index (κ1) is 21.4. The van der Waals surface area contributed by atoms with Crippen LogP contribution in [0.1, 0.15) is 45.6 Å². The summed E-state index contributed by atoms with van der Waals surface area (Å²) in [6, 6.07) is 6.97. The van der Waals surface area contributed by atoms with Crippen LogP contribution in [0.2, 0.25) is 0 Å². The molecule has 1 N–H and O–H groups in total. The van der Waals surface area contributed by atoms with Gasteiger partial charge in [0.1, 0.15) is 0 Å². The first-order valence-electron chi connectivity index (χ1n) is 9.65. The molecule has 1 unspecified atom stereocenters. The molecular weight excluding hydrogens is 392 g/mol. The zero-order valence-corrected chi connectivity index (χ0v) is 18.8. The van der Waals surface area contributed by atoms with Crippen molar-refractivity contribution >= 4 is 21.0 Å². The Balaban J connectivity index is 1.85. The van der Waals surface area contributed by atoms with E-state index in [-0.39, 0.29) is 10.8 Å². The van der Waals surface area contributed by atoms with Crippen molar-refractivity contribution in [2.24, 2.45) is 0 Å². The molecule has 0 radical (unpaired) electrons. The second-order valence-corrected chi connectivity index (χ2v) is 12.6. The third-order valence-electron chi connectivity index (χ3n) is 5.34. The van der Waals surface area contributed by atoms with Crippen LogP contribution < -0.4 is 4.72 Å². The summed E-state index contributed by atoms with van der Waals surface area (Å²) in [4.78, 5) is 0.312. The largest absolute Gasteiger partial charge is 0.243 e. The van der Waals surface area contributed by atoms with Gasteiger partial charge in [0.25, 0.3) is 0 Å². The topological polar surface area (TPSA) is 66.5 Å². The molecule has 2 atom stereocenters. The third kappa shape index (κ3) is 4.32. The molecule has 1 aliphatic heterocycles. The van der Waals surface area contributed by atoms with Crippen molar-refractivity contribution in [2.45, 2.75) is 62.6 Å². The fourth-order valence-corrected chi connectivity index (χ4v) is 5.93. The molecule has 1 aromatic carbocycles. The molecule has 7 heteroatoms. The van der Waals surface area contributed by atoms with Gasteiger partial charge in [-0.2, -0.15) is 4.31 Å². The number of hydrogen-bond donors (Lipinski definition) is 1. The molecule has 3 rings (SSSR count). The van der Waals surface area contributed by atoms with Gasteiger partial charge >= 0.3 is 0 Å². The lowest BCUT2D eigenvalue weighted by molar-refractivity contribution is 0.488. The normalized spacial score (nSPS) is 25.4. The van der Waals surface area contributed by atoms with Crippen molar-refractivity contribution in [3.05, 3.63) is 53.1 Å². The number of aryl methyl sites for hydroxylation is 1. The molecule has 1 aliphatic carbocycles. The molecule has 1 aromatic rings. The maximum atomic E-state index is 13.0. The third-order valence-corrected chi connectivity index (χ3v) is 8.76. The van der Waals surface area contributed by atoms with Gasteiger partial charge in [-0.25, -0.2) is 17.3 Å². The van der Waals surface area contributed by atoms with Gasteiger partial charge in [-0.1, -0.05) is 24.3 Å². The molecule has 5 nitrogen and oxygen atoms in total. The Morgan fingerprint density at radius 3 is 2.43 bits per heavy atom. The van der Waals surface area contributed by atoms with Crippen molar-refractivity contribution in [2.75, 3.05) is 13.1 Å². The standard InChI is InChI=1S/C21H30N2O3S2/c1-15-9-11-17(12-10-15)28(25,26)23-13-16(2)19(14-23)18-7-6-8-20(18)22-27(24)21(3,4)5/h9-12,20,22H,2,6-8,13-14H2,1,3-5H3/b19-18+/t20-,27?/m1/s1. The van der Waals surface area contributed by atoms with Crippen molar-refractivity contribution in [1.29, 1.82) is 0 Å². The zero-order valence-electron chi connectivity index (χ0n) is 17.1. The Labute approximate surface area is 171 Å². The number of hydrogen-bond acceptors (Lipinski definition) is 3. The van der Waals surface area contributed by atoms with E-state index in [0.717, 1.165) is 36.0 Å². The lowest BCUT2D eigenvalue weighted by Crippen LogP contribution is -2.39. The van der Waals surface area contributed by atoms with E-state index in [1.54, 1.807) is 12.1 Å². The highest BCUT2D eigenvalue weighted by atomic mass is 32.2. The van der Waals surface area contributed by atoms with Crippen LogP contribution in [0.25, 0.3) is 0 Å². The number of sulfonamides is 1. The van der Waals surface area contributed by atoms with Gasteiger partial charge < -0.3 is 0 Å². The summed E-state index contributed by atoms with van der Waals surface area (Å²) in [6.07, 6.45) is 2.82. The summed E-state index contributed by atoms with van der Waals surface area (Å²) >= 11 is 0. The molecule has 0 bridgehead atoms. The summed E-state index contributed by atoms with van der Waals surface area (Å²) < 4.78 is 43.0. The average Bonchev–Trinajstić information content (AvgIpc) is 3.21. The van der Waals surface area contributed by atoms with E-state index >= 15 is 0 Å². The predicted molar refractivity (Wildman–Crippen MR) is 115 cm³/mol. The molecule has 28 heavy (non-hydrogen) atoms. The lowest BCUT2D eigenvalue weighted by atomic mass is 10.0. The van der Waals surface area contributed by atoms with Crippen LogP contribution in [0.15, 0.2) is 52.5 Å². The highest BCUT2D eigenvalue weighted by Gasteiger charge is 2.36. The summed E-state index contributed by atoms with van der Waals surface area (Å²) in [5, 5.41) is 0. The molecule has 0 aromatic heterocycles. The van der Waals surface area contributed by atoms with E-state index < -0.39 is 21.0 Å². The minimum absolute atomic E-state index is 0.0221. The summed E-state index contributed by atoms with van der Waals surface area (Å²) in [5.74, 6) is 0. The SMILES string of the molecule is C=C1CN(S(=O)(=O)c2ccc(C)cc2)C/C1=C1/CCC[C@H]1NS(=O)C(C)(C)C. The predicted octanol–water partition coefficient (Wildman–Crippen LogP) is 3.46. The van der Waals surface area contributed by atoms with Crippen molar-refractivity contribution < 1.29 is 12.6 Å². The number of rotatable bonds is 4. The van der Waals surface area contributed by atoms with E-state index in [9.17, 15) is 12.6 Å². The van der Waals surface area contributed by atoms with Crippen LogP contribution >= 0.6 is 0 Å². The van der Waals surface area contributed by atoms with E-state index in [4.69, 9.17) is 0 Å². The van der Waals surface area contributed by atoms with E-state index in [1.807, 2.05) is 39.8 Å². The summed E-state index contributed by atoms with van der Waals surface area (Å²) in [5.41, 5.74) is 4.06. The molecule has 1 saturated carbocycles. The molecule has 0 amide bonds. The first-order valence-corrected chi connectivity index (χ1v) is 12.2. The van der Waals surface area contributed by atoms with Crippen LogP contribution in [0.5, 0.6) is 0 Å². The molecular formula is C21H30N2O3S2. The zero-order chi connectivity index (χ0) is 20.7. The van der Waals surface area contributed by atoms with Gasteiger partial charge in [-0.15, -0.1) is 0 Å². The number of benzene rings is 1. The quantitative estimate of drug-likeness (QED) is 0.808. The van der Waals surface area contributed by atoms with E-state index in [1.165, 1.54) is 9.88 Å². The Morgan fingerprint density at radius 1 is 1.18 bits per heavy atom. The van der Waals surface area contributed by atoms with Crippen LogP contribution in [0.4, 0.5) is 0 Å². The molecule has 154 valence electrons. The number of nitrogens with zero attached hydrogens (tertiary/aromatic N) is 1. The van der Waals surface area contributed by atoms with Gasteiger partial charge in [-0.05, 0) is 75.8 Å². The smallest absolute Gasteiger partial charge is 0.242 e. The van der Waals surface area contributed by atoms with Gasteiger partial charge in [-0.3, -0.25) is 0 Å². The van der Waals surface area contributed by atoms with Gasteiger partial charge in [0.05, 0.1) is 20.6 Å². The van der Waals surface area contributed by atoms with Crippen LogP contribution in [-0.4, -0.2) is 40.8 Å². The van der Waals surface area contributed by atoms with Crippen LogP contribution in [0, 0.1) is 6.92 Å². The fraction of sp³-hybridized carbons (Fsp3) is 0.524. The van der Waals surface area contributed by atoms with E-state index in [0.29, 0.717) is 18.0 Å². The van der Waals surface area contributed by atoms with Gasteiger partial charge in [0.15, 0.2) is 0 Å². The Morgan fingerprint density at radius 2 is 1.82 bits per heavy atom. The minimum atomic E-state index is -3.56. The lowest BCUT2D eigenvalue weighted by Gasteiger charge is -2.23. The van der Waals surface area contributed by atoms with Crippen molar-refractivity contribution in [1.82, 2.24) is 9.03 Å². The summed E-state index contributed by atoms with van der Waals surface area (Å²) in [6.45, 7) is 12.6. The highest BCUT2D eigenvalue weighted by Crippen LogP contribution is 2.36. The van der Waals surface area contributed by atoms with Gasteiger partial charge in [0, 0.05) is 19.1 Å². The highest BCUT2D eigenvalue weighted by molar-refractivity contribution is 7.89. The fourth-order valence-electron chi connectivity index (χ4n) is 3.65. The van der Waals surface area contributed by atoms with Crippen LogP contribution in [-0.2, 0) is 21.0 Å². The van der Waals surface area contributed by atoms with E-state index in [2.05, 4.69) is 11.3 Å². The number of nitrogens with one attached hydrogen (secondary N) is 1. The molecule has 2 aliphatic rings. The molecule has 1 saturated heterocycles. The second kappa shape index (κ2) is 7.86. The Hall–Kier alpha value is -1.28. The monoisotopic (exact) mass is 422 g/mol. The minimum Gasteiger partial charge on any atom is -0.242 e. The second-order valence-electron chi connectivity index (χ2n) is 8.64. The Kier molecular flexibility index (Phi) is 6.01. The maximum absolute atomic E-state index is 13.0. The van der Waals surface area contributed by atoms with Crippen molar-refractivity contribution in [3.63, 3.8) is 0 Å². The molecule has 0 spiro atoms.